The molecule has 23 nitrogen and oxygen atoms in total. The number of aromatic hydroxyl groups is 1. The number of likely N-dealkylation sites (tertiary alicyclic amines) is 1. The number of phenols is 1. The molecule has 1 aromatic carbocycles. The Labute approximate surface area is 402 Å². The van der Waals surface area contributed by atoms with Gasteiger partial charge in [0.15, 0.2) is 5.96 Å². The number of aromatic nitrogens is 2. The Balaban J connectivity index is 1.92. The number of carbonyl (C=O) groups excluding carboxylic acids is 7. The van der Waals surface area contributed by atoms with Gasteiger partial charge in [0.1, 0.15) is 48.0 Å². The van der Waals surface area contributed by atoms with Gasteiger partial charge in [-0.3, -0.25) is 39.0 Å². The van der Waals surface area contributed by atoms with E-state index >= 15 is 0 Å². The second-order valence-electron chi connectivity index (χ2n) is 17.9. The van der Waals surface area contributed by atoms with Crippen molar-refractivity contribution in [2.24, 2.45) is 23.5 Å². The van der Waals surface area contributed by atoms with Gasteiger partial charge in [-0.05, 0) is 68.2 Å². The Bertz CT molecular complexity index is 2050. The molecule has 23 heteroatoms. The lowest BCUT2D eigenvalue weighted by atomic mass is 9.96. The first-order valence-corrected chi connectivity index (χ1v) is 23.5. The Morgan fingerprint density at radius 3 is 2.00 bits per heavy atom. The predicted octanol–water partition coefficient (Wildman–Crippen LogP) is -0.884. The molecule has 9 atom stereocenters. The van der Waals surface area contributed by atoms with Gasteiger partial charge in [-0.1, -0.05) is 66.5 Å². The van der Waals surface area contributed by atoms with Gasteiger partial charge in [-0.2, -0.15) is 0 Å². The van der Waals surface area contributed by atoms with Gasteiger partial charge in [-0.15, -0.1) is 0 Å². The van der Waals surface area contributed by atoms with Crippen LogP contribution >= 0.6 is 0 Å². The number of likely N-dealkylation sites (N-methyl/N-ethyl adjacent to an activating group) is 1. The molecule has 0 radical (unpaired) electrons. The Hall–Kier alpha value is -6.78. The van der Waals surface area contributed by atoms with Crippen LogP contribution in [-0.2, 0) is 51.2 Å². The molecule has 7 amide bonds. The minimum atomic E-state index is -1.35. The van der Waals surface area contributed by atoms with Crippen LogP contribution in [0.15, 0.2) is 36.8 Å². The highest BCUT2D eigenvalue weighted by atomic mass is 16.4. The van der Waals surface area contributed by atoms with E-state index in [1.54, 1.807) is 66.9 Å². The van der Waals surface area contributed by atoms with Crippen molar-refractivity contribution >= 4 is 53.3 Å². The van der Waals surface area contributed by atoms with Gasteiger partial charge in [-0.25, -0.2) is 9.78 Å². The maximum Gasteiger partial charge on any atom is 0.326 e. The summed E-state index contributed by atoms with van der Waals surface area (Å²) < 4.78 is 0. The predicted molar refractivity (Wildman–Crippen MR) is 255 cm³/mol. The quantitative estimate of drug-likeness (QED) is 0.0280. The van der Waals surface area contributed by atoms with Crippen molar-refractivity contribution in [3.8, 4) is 5.75 Å². The summed E-state index contributed by atoms with van der Waals surface area (Å²) in [6.45, 7) is 10.7. The number of nitrogens with zero attached hydrogens (tertiary/aromatic N) is 2. The smallest absolute Gasteiger partial charge is 0.326 e. The van der Waals surface area contributed by atoms with Crippen LogP contribution in [0.2, 0.25) is 0 Å². The molecule has 0 saturated carbocycles. The molecule has 2 unspecified atom stereocenters. The molecular formula is C46H73N13O10. The average molecular weight is 968 g/mol. The van der Waals surface area contributed by atoms with Crippen LogP contribution in [-0.4, -0.2) is 147 Å². The summed E-state index contributed by atoms with van der Waals surface area (Å²) in [5, 5.41) is 48.9. The molecule has 1 aliphatic heterocycles. The van der Waals surface area contributed by atoms with Crippen molar-refractivity contribution in [2.45, 2.75) is 135 Å². The second kappa shape index (κ2) is 27.9. The number of nitrogens with two attached hydrogens (primary N) is 1. The number of guanidine groups is 1. The lowest BCUT2D eigenvalue weighted by Gasteiger charge is -2.32. The minimum Gasteiger partial charge on any atom is -0.508 e. The summed E-state index contributed by atoms with van der Waals surface area (Å²) in [7, 11) is 1.57. The van der Waals surface area contributed by atoms with Gasteiger partial charge in [0.25, 0.3) is 0 Å². The van der Waals surface area contributed by atoms with E-state index in [1.807, 2.05) is 0 Å². The number of hydrogen-bond acceptors (Lipinski definition) is 12. The van der Waals surface area contributed by atoms with E-state index in [1.165, 1.54) is 23.4 Å². The van der Waals surface area contributed by atoms with Crippen LogP contribution in [0.3, 0.4) is 0 Å². The highest BCUT2D eigenvalue weighted by molar-refractivity contribution is 5.98. The topological polar surface area (TPSA) is 355 Å². The Kier molecular flexibility index (Phi) is 22.9. The number of carboxylic acid groups (broad SMARTS) is 1. The van der Waals surface area contributed by atoms with E-state index < -0.39 is 101 Å². The van der Waals surface area contributed by atoms with E-state index in [2.05, 4.69) is 52.5 Å². The summed E-state index contributed by atoms with van der Waals surface area (Å²) in [4.78, 5) is 118. The maximum atomic E-state index is 14.5. The molecule has 14 N–H and O–H groups in total. The van der Waals surface area contributed by atoms with E-state index in [0.29, 0.717) is 36.9 Å². The molecule has 0 spiro atoms. The fourth-order valence-electron chi connectivity index (χ4n) is 7.80. The van der Waals surface area contributed by atoms with Crippen LogP contribution in [0, 0.1) is 23.2 Å². The van der Waals surface area contributed by atoms with Gasteiger partial charge >= 0.3 is 5.97 Å². The van der Waals surface area contributed by atoms with Gasteiger partial charge < -0.3 is 68.4 Å². The SMILES string of the molecule is CCC(C)[C@H](NC(=O)[C@@H]1CCCN1C(=O)[C@H](Cc1c[nH]cn1)NC(=O)[C@@H](NC(=O)[C@H](Cc1ccc(O)cc1)NC(=O)[C@@H](NC(=O)[C@H](CCCNC(=N)N)NC(=O)CNC)C(C)C)C(C)CC)C(=O)O. The van der Waals surface area contributed by atoms with E-state index in [0.717, 1.165) is 0 Å². The zero-order valence-corrected chi connectivity index (χ0v) is 40.6. The first-order valence-electron chi connectivity index (χ1n) is 23.5. The molecule has 2 heterocycles. The summed E-state index contributed by atoms with van der Waals surface area (Å²) in [6, 6.07) is -2.41. The number of benzene rings is 1. The summed E-state index contributed by atoms with van der Waals surface area (Å²) >= 11 is 0. The third-order valence-corrected chi connectivity index (χ3v) is 12.2. The maximum absolute atomic E-state index is 14.5. The van der Waals surface area contributed by atoms with E-state index in [-0.39, 0.29) is 62.9 Å². The number of carbonyl (C=O) groups is 8. The lowest BCUT2D eigenvalue weighted by Crippen LogP contribution is -2.62. The number of H-pyrrole nitrogens is 1. The van der Waals surface area contributed by atoms with Crippen molar-refractivity contribution in [1.82, 2.24) is 57.4 Å². The number of aliphatic carboxylic acids is 1. The highest BCUT2D eigenvalue weighted by Crippen LogP contribution is 2.22. The van der Waals surface area contributed by atoms with E-state index in [9.17, 15) is 48.6 Å². The van der Waals surface area contributed by atoms with Gasteiger partial charge in [0.05, 0.1) is 18.6 Å². The summed E-state index contributed by atoms with van der Waals surface area (Å²) in [5.74, 6) is -7.56. The number of phenolic OH excluding ortho intramolecular Hbond substituents is 1. The molecule has 1 fully saturated rings. The molecule has 1 aliphatic rings. The molecular weight excluding hydrogens is 895 g/mol. The van der Waals surface area contributed by atoms with Crippen molar-refractivity contribution in [3.05, 3.63) is 48.0 Å². The molecule has 382 valence electrons. The fraction of sp³-hybridized carbons (Fsp3) is 0.609. The summed E-state index contributed by atoms with van der Waals surface area (Å²) in [5.41, 5.74) is 6.33. The van der Waals surface area contributed by atoms with Gasteiger partial charge in [0.2, 0.25) is 41.4 Å². The zero-order chi connectivity index (χ0) is 51.4. The average Bonchev–Trinajstić information content (AvgIpc) is 4.02. The molecule has 1 saturated heterocycles. The molecule has 1 aromatic heterocycles. The largest absolute Gasteiger partial charge is 0.508 e. The second-order valence-corrected chi connectivity index (χ2v) is 17.9. The normalized spacial score (nSPS) is 16.9. The van der Waals surface area contributed by atoms with Crippen molar-refractivity contribution < 1.29 is 48.6 Å². The first-order chi connectivity index (χ1) is 32.7. The highest BCUT2D eigenvalue weighted by Gasteiger charge is 2.41. The number of hydrogen-bond donors (Lipinski definition) is 13. The molecule has 0 aliphatic carbocycles. The van der Waals surface area contributed by atoms with Crippen molar-refractivity contribution in [3.63, 3.8) is 0 Å². The number of imidazole rings is 1. The number of rotatable bonds is 28. The van der Waals surface area contributed by atoms with Crippen LogP contribution in [0.25, 0.3) is 0 Å². The van der Waals surface area contributed by atoms with E-state index in [4.69, 9.17) is 11.1 Å². The molecule has 69 heavy (non-hydrogen) atoms. The molecule has 2 aromatic rings. The monoisotopic (exact) mass is 968 g/mol. The Morgan fingerprint density at radius 2 is 1.42 bits per heavy atom. The molecule has 0 bridgehead atoms. The van der Waals surface area contributed by atoms with Crippen LogP contribution in [0.1, 0.15) is 91.3 Å². The van der Waals surface area contributed by atoms with Crippen molar-refractivity contribution in [1.29, 1.82) is 5.41 Å². The number of nitrogens with one attached hydrogen (secondary N) is 10. The lowest BCUT2D eigenvalue weighted by molar-refractivity contribution is -0.146. The third kappa shape index (κ3) is 17.7. The standard InChI is InChI=1S/C46H73N13O10/c1-8-26(5)37(43(66)55-33(21-29-22-50-24-52-29)44(67)59-19-11-13-34(59)41(64)58-38(45(68)69)27(6)9-2)57-40(63)32(20-28-14-16-30(60)17-15-28)54-42(65)36(25(3)4)56-39(62)31(53-35(61)23-49-7)12-10-18-51-46(47)48/h14-17,22,24-27,31-34,36-38,49,60H,8-13,18-21,23H2,1-7H3,(H,50,52)(H,53,61)(H,54,65)(H,55,66)(H,56,62)(H,57,63)(H,58,64)(H,68,69)(H4,47,48,51)/t26?,27?,31-,32-,33-,34-,36-,37-,38-/m0/s1. The zero-order valence-electron chi connectivity index (χ0n) is 40.6. The number of amides is 7. The van der Waals surface area contributed by atoms with Crippen LogP contribution < -0.4 is 48.3 Å². The van der Waals surface area contributed by atoms with Crippen molar-refractivity contribution in [2.75, 3.05) is 26.7 Å². The number of aromatic amines is 1. The first kappa shape index (κ1) is 56.5. The van der Waals surface area contributed by atoms with Crippen LogP contribution in [0.4, 0.5) is 0 Å². The minimum absolute atomic E-state index is 0.0383. The van der Waals surface area contributed by atoms with Crippen LogP contribution in [0.5, 0.6) is 5.75 Å². The molecule has 3 rings (SSSR count). The van der Waals surface area contributed by atoms with Gasteiger partial charge in [0, 0.05) is 32.1 Å². The third-order valence-electron chi connectivity index (χ3n) is 12.2. The number of carboxylic acids is 1. The fourth-order valence-corrected chi connectivity index (χ4v) is 7.80. The Morgan fingerprint density at radius 1 is 0.812 bits per heavy atom. The summed E-state index contributed by atoms with van der Waals surface area (Å²) in [6.07, 6.45) is 4.80.